The summed E-state index contributed by atoms with van der Waals surface area (Å²) in [5, 5.41) is 5.90. The standard InChI is InChI=1S/C19H23F2N3O2S.HI/c1-3-22-19(24-13-15-9-8-14(2)17(21)12-15)23-10-11-27(25,26)18-7-5-4-6-16(18)20;/h4-9,12H,3,10-11,13H2,1-2H3,(H2,22,23,24);1H. The fourth-order valence-electron chi connectivity index (χ4n) is 2.36. The topological polar surface area (TPSA) is 70.6 Å². The van der Waals surface area contributed by atoms with Crippen LogP contribution < -0.4 is 10.6 Å². The van der Waals surface area contributed by atoms with Gasteiger partial charge in [0.2, 0.25) is 0 Å². The minimum atomic E-state index is -3.75. The molecule has 5 nitrogen and oxygen atoms in total. The maximum absolute atomic E-state index is 13.7. The molecule has 0 saturated heterocycles. The van der Waals surface area contributed by atoms with Crippen LogP contribution >= 0.6 is 24.0 Å². The van der Waals surface area contributed by atoms with E-state index in [0.717, 1.165) is 6.07 Å². The van der Waals surface area contributed by atoms with Crippen molar-refractivity contribution >= 4 is 39.8 Å². The Labute approximate surface area is 181 Å². The zero-order valence-electron chi connectivity index (χ0n) is 15.7. The lowest BCUT2D eigenvalue weighted by Gasteiger charge is -2.12. The van der Waals surface area contributed by atoms with E-state index in [2.05, 4.69) is 15.6 Å². The highest BCUT2D eigenvalue weighted by molar-refractivity contribution is 14.0. The Morgan fingerprint density at radius 2 is 1.79 bits per heavy atom. The van der Waals surface area contributed by atoms with Crippen molar-refractivity contribution in [1.82, 2.24) is 10.6 Å². The molecule has 2 aromatic carbocycles. The van der Waals surface area contributed by atoms with E-state index in [-0.39, 0.29) is 53.5 Å². The number of guanidine groups is 1. The van der Waals surface area contributed by atoms with Crippen LogP contribution in [0, 0.1) is 18.6 Å². The molecule has 0 aliphatic heterocycles. The summed E-state index contributed by atoms with van der Waals surface area (Å²) in [5.41, 5.74) is 1.26. The number of rotatable bonds is 7. The molecule has 2 N–H and O–H groups in total. The summed E-state index contributed by atoms with van der Waals surface area (Å²) in [7, 11) is -3.75. The molecule has 0 saturated carbocycles. The summed E-state index contributed by atoms with van der Waals surface area (Å²) in [6.07, 6.45) is 0. The molecule has 0 aromatic heterocycles. The number of aliphatic imine (C=N–C) groups is 1. The van der Waals surface area contributed by atoms with Crippen molar-refractivity contribution < 1.29 is 17.2 Å². The number of benzene rings is 2. The van der Waals surface area contributed by atoms with Crippen molar-refractivity contribution in [2.75, 3.05) is 18.8 Å². The Bertz CT molecular complexity index is 921. The van der Waals surface area contributed by atoms with Crippen LogP contribution in [-0.2, 0) is 16.4 Å². The first-order valence-corrected chi connectivity index (χ1v) is 10.2. The Kier molecular flexibility index (Phi) is 9.80. The summed E-state index contributed by atoms with van der Waals surface area (Å²) in [4.78, 5) is 4.01. The van der Waals surface area contributed by atoms with Crippen molar-refractivity contribution in [3.63, 3.8) is 0 Å². The average molecular weight is 523 g/mol. The fourth-order valence-corrected chi connectivity index (χ4v) is 3.60. The van der Waals surface area contributed by atoms with Crippen LogP contribution in [0.5, 0.6) is 0 Å². The predicted molar refractivity (Wildman–Crippen MR) is 118 cm³/mol. The van der Waals surface area contributed by atoms with E-state index < -0.39 is 15.7 Å². The summed E-state index contributed by atoms with van der Waals surface area (Å²) in [5.74, 6) is -0.935. The summed E-state index contributed by atoms with van der Waals surface area (Å²) in [6, 6.07) is 10.2. The van der Waals surface area contributed by atoms with Gasteiger partial charge in [-0.15, -0.1) is 24.0 Å². The van der Waals surface area contributed by atoms with Gasteiger partial charge in [-0.05, 0) is 43.2 Å². The van der Waals surface area contributed by atoms with Crippen LogP contribution in [0.4, 0.5) is 8.78 Å². The van der Waals surface area contributed by atoms with Gasteiger partial charge in [-0.25, -0.2) is 22.2 Å². The molecule has 0 unspecified atom stereocenters. The van der Waals surface area contributed by atoms with E-state index in [1.807, 2.05) is 6.92 Å². The van der Waals surface area contributed by atoms with Gasteiger partial charge in [0.05, 0.1) is 12.3 Å². The Morgan fingerprint density at radius 1 is 1.07 bits per heavy atom. The van der Waals surface area contributed by atoms with Gasteiger partial charge in [0.1, 0.15) is 16.5 Å². The Morgan fingerprint density at radius 3 is 2.43 bits per heavy atom. The van der Waals surface area contributed by atoms with Gasteiger partial charge in [0.25, 0.3) is 0 Å². The molecular weight excluding hydrogens is 499 g/mol. The number of hydrogen-bond donors (Lipinski definition) is 2. The molecule has 0 bridgehead atoms. The van der Waals surface area contributed by atoms with Crippen LogP contribution in [0.25, 0.3) is 0 Å². The highest BCUT2D eigenvalue weighted by Crippen LogP contribution is 2.14. The molecule has 0 aliphatic carbocycles. The second-order valence-corrected chi connectivity index (χ2v) is 8.03. The maximum atomic E-state index is 13.7. The lowest BCUT2D eigenvalue weighted by molar-refractivity contribution is 0.566. The van der Waals surface area contributed by atoms with Crippen LogP contribution in [0.1, 0.15) is 18.1 Å². The van der Waals surface area contributed by atoms with E-state index in [0.29, 0.717) is 23.6 Å². The van der Waals surface area contributed by atoms with Crippen molar-refractivity contribution in [2.24, 2.45) is 4.99 Å². The first-order chi connectivity index (χ1) is 12.8. The molecule has 9 heteroatoms. The van der Waals surface area contributed by atoms with Crippen molar-refractivity contribution in [2.45, 2.75) is 25.3 Å². The monoisotopic (exact) mass is 523 g/mol. The Balaban J connectivity index is 0.00000392. The van der Waals surface area contributed by atoms with E-state index >= 15 is 0 Å². The molecule has 0 atom stereocenters. The summed E-state index contributed by atoms with van der Waals surface area (Å²) < 4.78 is 51.8. The second-order valence-electron chi connectivity index (χ2n) is 5.95. The first kappa shape index (κ1) is 24.3. The summed E-state index contributed by atoms with van der Waals surface area (Å²) >= 11 is 0. The third-order valence-electron chi connectivity index (χ3n) is 3.84. The molecule has 0 aliphatic rings. The van der Waals surface area contributed by atoms with Gasteiger partial charge in [-0.1, -0.05) is 24.3 Å². The van der Waals surface area contributed by atoms with E-state index in [1.54, 1.807) is 19.1 Å². The fraction of sp³-hybridized carbons (Fsp3) is 0.316. The van der Waals surface area contributed by atoms with Crippen molar-refractivity contribution in [3.8, 4) is 0 Å². The van der Waals surface area contributed by atoms with Gasteiger partial charge in [-0.3, -0.25) is 0 Å². The lowest BCUT2D eigenvalue weighted by Crippen LogP contribution is -2.39. The predicted octanol–water partition coefficient (Wildman–Crippen LogP) is 3.42. The highest BCUT2D eigenvalue weighted by Gasteiger charge is 2.18. The van der Waals surface area contributed by atoms with Gasteiger partial charge >= 0.3 is 0 Å². The largest absolute Gasteiger partial charge is 0.357 e. The third kappa shape index (κ3) is 7.01. The number of nitrogens with zero attached hydrogens (tertiary/aromatic N) is 1. The maximum Gasteiger partial charge on any atom is 0.191 e. The molecule has 28 heavy (non-hydrogen) atoms. The minimum Gasteiger partial charge on any atom is -0.357 e. The van der Waals surface area contributed by atoms with E-state index in [9.17, 15) is 17.2 Å². The zero-order chi connectivity index (χ0) is 19.9. The molecule has 154 valence electrons. The number of aryl methyl sites for hydroxylation is 1. The third-order valence-corrected chi connectivity index (χ3v) is 5.58. The molecule has 0 radical (unpaired) electrons. The van der Waals surface area contributed by atoms with Crippen LogP contribution in [0.15, 0.2) is 52.4 Å². The van der Waals surface area contributed by atoms with Crippen LogP contribution in [0.3, 0.4) is 0 Å². The molecule has 2 aromatic rings. The number of sulfone groups is 1. The van der Waals surface area contributed by atoms with E-state index in [1.165, 1.54) is 24.3 Å². The van der Waals surface area contributed by atoms with Gasteiger partial charge in [0, 0.05) is 13.1 Å². The second kappa shape index (κ2) is 11.3. The highest BCUT2D eigenvalue weighted by atomic mass is 127. The quantitative estimate of drug-likeness (QED) is 0.332. The van der Waals surface area contributed by atoms with Gasteiger partial charge < -0.3 is 10.6 Å². The molecular formula is C19H24F2IN3O2S. The smallest absolute Gasteiger partial charge is 0.191 e. The summed E-state index contributed by atoms with van der Waals surface area (Å²) in [6.45, 7) is 4.44. The normalized spacial score (nSPS) is 11.6. The molecule has 2 rings (SSSR count). The first-order valence-electron chi connectivity index (χ1n) is 8.58. The van der Waals surface area contributed by atoms with E-state index in [4.69, 9.17) is 0 Å². The number of nitrogens with one attached hydrogen (secondary N) is 2. The number of halogens is 3. The minimum absolute atomic E-state index is 0. The zero-order valence-corrected chi connectivity index (χ0v) is 18.9. The SMILES string of the molecule is CCNC(=NCc1ccc(C)c(F)c1)NCCS(=O)(=O)c1ccccc1F.I. The van der Waals surface area contributed by atoms with Gasteiger partial charge in [-0.2, -0.15) is 0 Å². The Hall–Kier alpha value is -1.75. The van der Waals surface area contributed by atoms with Gasteiger partial charge in [0.15, 0.2) is 15.8 Å². The number of hydrogen-bond acceptors (Lipinski definition) is 3. The molecule has 0 amide bonds. The van der Waals surface area contributed by atoms with Crippen LogP contribution in [-0.4, -0.2) is 33.2 Å². The lowest BCUT2D eigenvalue weighted by atomic mass is 10.1. The van der Waals surface area contributed by atoms with Crippen molar-refractivity contribution in [1.29, 1.82) is 0 Å². The molecule has 0 spiro atoms. The van der Waals surface area contributed by atoms with Crippen LogP contribution in [0.2, 0.25) is 0 Å². The van der Waals surface area contributed by atoms with Crippen molar-refractivity contribution in [3.05, 3.63) is 65.2 Å². The average Bonchev–Trinajstić information content (AvgIpc) is 2.62. The molecule has 0 heterocycles. The molecule has 0 fully saturated rings.